The van der Waals surface area contributed by atoms with E-state index in [2.05, 4.69) is 5.32 Å². The Balaban J connectivity index is 1.80. The van der Waals surface area contributed by atoms with E-state index < -0.39 is 29.7 Å². The van der Waals surface area contributed by atoms with Gasteiger partial charge in [0.05, 0.1) is 16.9 Å². The average molecular weight is 399 g/mol. The Bertz CT molecular complexity index is 801. The Morgan fingerprint density at radius 2 is 1.78 bits per heavy atom. The van der Waals surface area contributed by atoms with Crippen molar-refractivity contribution < 1.29 is 32.3 Å². The van der Waals surface area contributed by atoms with Gasteiger partial charge in [-0.05, 0) is 42.6 Å². The molecule has 0 bridgehead atoms. The number of rotatable bonds is 7. The highest BCUT2D eigenvalue weighted by Gasteiger charge is 2.30. The van der Waals surface area contributed by atoms with Crippen LogP contribution in [-0.4, -0.2) is 23.8 Å². The molecule has 2 rings (SSSR count). The molecular weight excluding hydrogens is 383 g/mol. The summed E-state index contributed by atoms with van der Waals surface area (Å²) in [4.78, 5) is 36.1. The number of carbonyl (C=O) groups excluding carboxylic acids is 3. The fraction of sp³-hybridized carbons (Fsp3) is 0.278. The fourth-order valence-electron chi connectivity index (χ4n) is 2.07. The van der Waals surface area contributed by atoms with Crippen LogP contribution in [-0.2, 0) is 20.5 Å². The van der Waals surface area contributed by atoms with E-state index in [1.807, 2.05) is 0 Å². The van der Waals surface area contributed by atoms with Crippen LogP contribution in [0.3, 0.4) is 0 Å². The Hall–Kier alpha value is -2.68. The lowest BCUT2D eigenvalue weighted by atomic mass is 10.2. The first-order valence-corrected chi connectivity index (χ1v) is 8.79. The van der Waals surface area contributed by atoms with Gasteiger partial charge >= 0.3 is 12.1 Å². The van der Waals surface area contributed by atoms with E-state index in [1.165, 1.54) is 18.3 Å². The number of hydrogen-bond donors (Lipinski definition) is 1. The van der Waals surface area contributed by atoms with E-state index in [-0.39, 0.29) is 24.3 Å². The predicted octanol–water partition coefficient (Wildman–Crippen LogP) is 4.30. The normalized spacial score (nSPS) is 12.3. The summed E-state index contributed by atoms with van der Waals surface area (Å²) in [6.07, 6.45) is -5.83. The number of hydrogen-bond acceptors (Lipinski definition) is 5. The molecular formula is C18H16F3NO4S. The number of alkyl halides is 3. The largest absolute Gasteiger partial charge is 0.453 e. The second-order valence-corrected chi connectivity index (χ2v) is 6.54. The lowest BCUT2D eigenvalue weighted by molar-refractivity contribution is -0.153. The number of Topliss-reactive ketones (excluding diaryl/α,β-unsaturated/α-hetero) is 1. The van der Waals surface area contributed by atoms with Crippen LogP contribution in [0, 0.1) is 0 Å². The maximum absolute atomic E-state index is 12.5. The van der Waals surface area contributed by atoms with Gasteiger partial charge in [0.1, 0.15) is 0 Å². The van der Waals surface area contributed by atoms with Gasteiger partial charge in [-0.25, -0.2) is 0 Å². The van der Waals surface area contributed by atoms with Crippen LogP contribution in [0.2, 0.25) is 0 Å². The molecule has 144 valence electrons. The molecule has 5 nitrogen and oxygen atoms in total. The third-order valence-electron chi connectivity index (χ3n) is 3.51. The van der Waals surface area contributed by atoms with Gasteiger partial charge in [0, 0.05) is 12.1 Å². The monoisotopic (exact) mass is 399 g/mol. The first-order valence-electron chi connectivity index (χ1n) is 7.91. The van der Waals surface area contributed by atoms with Gasteiger partial charge in [0.15, 0.2) is 11.9 Å². The molecule has 0 saturated heterocycles. The number of ketones is 1. The minimum Gasteiger partial charge on any atom is -0.453 e. The highest BCUT2D eigenvalue weighted by molar-refractivity contribution is 7.12. The van der Waals surface area contributed by atoms with Crippen molar-refractivity contribution in [3.63, 3.8) is 0 Å². The zero-order chi connectivity index (χ0) is 20.0. The molecule has 0 fully saturated rings. The Kier molecular flexibility index (Phi) is 6.73. The van der Waals surface area contributed by atoms with Crippen molar-refractivity contribution in [1.82, 2.24) is 0 Å². The van der Waals surface area contributed by atoms with E-state index in [1.54, 1.807) is 17.5 Å². The van der Waals surface area contributed by atoms with Gasteiger partial charge in [0.2, 0.25) is 0 Å². The zero-order valence-corrected chi connectivity index (χ0v) is 15.0. The number of benzene rings is 1. The molecule has 0 aliphatic heterocycles. The molecule has 1 aromatic heterocycles. The summed E-state index contributed by atoms with van der Waals surface area (Å²) in [5.41, 5.74) is -0.695. The molecule has 27 heavy (non-hydrogen) atoms. The van der Waals surface area contributed by atoms with Crippen LogP contribution in [0.5, 0.6) is 0 Å². The van der Waals surface area contributed by atoms with E-state index in [9.17, 15) is 27.6 Å². The molecule has 0 radical (unpaired) electrons. The van der Waals surface area contributed by atoms with Gasteiger partial charge in [-0.2, -0.15) is 13.2 Å². The molecule has 9 heteroatoms. The van der Waals surface area contributed by atoms with Crippen LogP contribution in [0.1, 0.15) is 35.0 Å². The van der Waals surface area contributed by atoms with E-state index in [4.69, 9.17) is 4.74 Å². The summed E-state index contributed by atoms with van der Waals surface area (Å²) in [5.74, 6) is -1.59. The SMILES string of the molecule is C[C@@H](OC(=O)CCC(=O)c1cccs1)C(=O)Nc1ccc(C(F)(F)F)cc1. The van der Waals surface area contributed by atoms with Gasteiger partial charge in [-0.1, -0.05) is 6.07 Å². The van der Waals surface area contributed by atoms with Gasteiger partial charge in [-0.15, -0.1) is 11.3 Å². The van der Waals surface area contributed by atoms with Crippen LogP contribution in [0.4, 0.5) is 18.9 Å². The van der Waals surface area contributed by atoms with Crippen molar-refractivity contribution in [2.75, 3.05) is 5.32 Å². The molecule has 1 aromatic carbocycles. The lowest BCUT2D eigenvalue weighted by Crippen LogP contribution is -2.30. The van der Waals surface area contributed by atoms with Gasteiger partial charge in [-0.3, -0.25) is 14.4 Å². The molecule has 0 aliphatic carbocycles. The van der Waals surface area contributed by atoms with Crippen molar-refractivity contribution in [1.29, 1.82) is 0 Å². The zero-order valence-electron chi connectivity index (χ0n) is 14.2. The molecule has 0 unspecified atom stereocenters. The van der Waals surface area contributed by atoms with Crippen LogP contribution >= 0.6 is 11.3 Å². The van der Waals surface area contributed by atoms with E-state index in [0.29, 0.717) is 4.88 Å². The van der Waals surface area contributed by atoms with Gasteiger partial charge < -0.3 is 10.1 Å². The molecule has 0 spiro atoms. The maximum Gasteiger partial charge on any atom is 0.416 e. The summed E-state index contributed by atoms with van der Waals surface area (Å²) in [7, 11) is 0. The maximum atomic E-state index is 12.5. The number of ether oxygens (including phenoxy) is 1. The quantitative estimate of drug-likeness (QED) is 0.557. The Morgan fingerprint density at radius 3 is 2.33 bits per heavy atom. The number of anilines is 1. The second kappa shape index (κ2) is 8.81. The highest BCUT2D eigenvalue weighted by Crippen LogP contribution is 2.29. The van der Waals surface area contributed by atoms with Crippen molar-refractivity contribution in [3.8, 4) is 0 Å². The number of thiophene rings is 1. The summed E-state index contributed by atoms with van der Waals surface area (Å²) in [6.45, 7) is 1.33. The topological polar surface area (TPSA) is 72.5 Å². The minimum atomic E-state index is -4.47. The Morgan fingerprint density at radius 1 is 1.11 bits per heavy atom. The summed E-state index contributed by atoms with van der Waals surface area (Å²) in [5, 5.41) is 4.11. The fourth-order valence-corrected chi connectivity index (χ4v) is 2.77. The summed E-state index contributed by atoms with van der Waals surface area (Å²) < 4.78 is 42.5. The number of amides is 1. The Labute approximate surface area is 157 Å². The highest BCUT2D eigenvalue weighted by atomic mass is 32.1. The molecule has 1 atom stereocenters. The lowest BCUT2D eigenvalue weighted by Gasteiger charge is -2.14. The molecule has 1 N–H and O–H groups in total. The van der Waals surface area contributed by atoms with Crippen LogP contribution in [0.15, 0.2) is 41.8 Å². The number of carbonyl (C=O) groups is 3. The molecule has 2 aromatic rings. The number of esters is 1. The van der Waals surface area contributed by atoms with Crippen molar-refractivity contribution in [2.45, 2.75) is 32.0 Å². The third-order valence-corrected chi connectivity index (χ3v) is 4.42. The number of nitrogens with one attached hydrogen (secondary N) is 1. The molecule has 1 amide bonds. The first kappa shape index (κ1) is 20.6. The molecule has 0 aliphatic rings. The summed E-state index contributed by atoms with van der Waals surface area (Å²) in [6, 6.07) is 7.26. The molecule has 0 saturated carbocycles. The minimum absolute atomic E-state index is 0.0351. The van der Waals surface area contributed by atoms with E-state index >= 15 is 0 Å². The van der Waals surface area contributed by atoms with E-state index in [0.717, 1.165) is 24.3 Å². The van der Waals surface area contributed by atoms with Crippen molar-refractivity contribution in [2.24, 2.45) is 0 Å². The van der Waals surface area contributed by atoms with Crippen LogP contribution < -0.4 is 5.32 Å². The third kappa shape index (κ3) is 6.21. The summed E-state index contributed by atoms with van der Waals surface area (Å²) >= 11 is 1.27. The first-order chi connectivity index (χ1) is 12.7. The second-order valence-electron chi connectivity index (χ2n) is 5.60. The smallest absolute Gasteiger partial charge is 0.416 e. The van der Waals surface area contributed by atoms with Crippen molar-refractivity contribution >= 4 is 34.7 Å². The van der Waals surface area contributed by atoms with Crippen molar-refractivity contribution in [3.05, 3.63) is 52.2 Å². The standard InChI is InChI=1S/C18H16F3NO4S/c1-11(26-16(24)9-8-14(23)15-3-2-10-27-15)17(25)22-13-6-4-12(5-7-13)18(19,20)21/h2-7,10-11H,8-9H2,1H3,(H,22,25)/t11-/m1/s1. The predicted molar refractivity (Wildman–Crippen MR) is 93.5 cm³/mol. The average Bonchev–Trinajstić information content (AvgIpc) is 3.14. The van der Waals surface area contributed by atoms with Crippen LogP contribution in [0.25, 0.3) is 0 Å². The molecule has 1 heterocycles. The van der Waals surface area contributed by atoms with Gasteiger partial charge in [0.25, 0.3) is 5.91 Å². The number of halogens is 3.